The van der Waals surface area contributed by atoms with E-state index in [4.69, 9.17) is 10.5 Å². The Morgan fingerprint density at radius 2 is 2.00 bits per heavy atom. The van der Waals surface area contributed by atoms with Crippen LogP contribution in [0.15, 0.2) is 35.5 Å². The van der Waals surface area contributed by atoms with Gasteiger partial charge in [0.05, 0.1) is 0 Å². The van der Waals surface area contributed by atoms with Crippen LogP contribution in [0.1, 0.15) is 65.7 Å². The van der Waals surface area contributed by atoms with E-state index in [2.05, 4.69) is 26.8 Å². The maximum Gasteiger partial charge on any atom is 0.129 e. The van der Waals surface area contributed by atoms with Crippen molar-refractivity contribution in [2.45, 2.75) is 65.7 Å². The summed E-state index contributed by atoms with van der Waals surface area (Å²) in [5, 5.41) is 17.2. The highest BCUT2D eigenvalue weighted by molar-refractivity contribution is 5.37. The van der Waals surface area contributed by atoms with Gasteiger partial charge in [0, 0.05) is 0 Å². The molecule has 1 aliphatic rings. The second-order valence-electron chi connectivity index (χ2n) is 7.18. The molecule has 1 rings (SSSR count). The Kier molecular flexibility index (Phi) is 7.69. The van der Waals surface area contributed by atoms with Crippen LogP contribution in [0.5, 0.6) is 0 Å². The largest absolute Gasteiger partial charge is 0.192 e. The normalized spacial score (nSPS) is 20.0. The molecule has 0 fully saturated rings. The van der Waals surface area contributed by atoms with Crippen LogP contribution in [0.4, 0.5) is 0 Å². The molecule has 118 valence electrons. The lowest BCUT2D eigenvalue weighted by Gasteiger charge is -2.33. The number of allylic oxidation sites excluding steroid dienone is 6. The summed E-state index contributed by atoms with van der Waals surface area (Å²) < 4.78 is 0. The summed E-state index contributed by atoms with van der Waals surface area (Å²) in [5.74, 6) is 0.725. The summed E-state index contributed by atoms with van der Waals surface area (Å²) in [6.45, 7) is 7.09. The molecule has 1 atom stereocenters. The molecule has 0 bridgehead atoms. The molecule has 0 amide bonds. The zero-order valence-electron chi connectivity index (χ0n) is 14.2. The van der Waals surface area contributed by atoms with Crippen LogP contribution in [0.3, 0.4) is 0 Å². The molecule has 0 aromatic heterocycles. The van der Waals surface area contributed by atoms with Crippen LogP contribution in [-0.4, -0.2) is 0 Å². The number of nitrogens with zero attached hydrogens (tertiary/aromatic N) is 2. The minimum absolute atomic E-state index is 0.164. The number of hydrogen-bond acceptors (Lipinski definition) is 2. The Bertz CT molecular complexity index is 505. The van der Waals surface area contributed by atoms with Crippen molar-refractivity contribution in [2.75, 3.05) is 0 Å². The van der Waals surface area contributed by atoms with E-state index in [0.717, 1.165) is 12.3 Å². The molecule has 2 nitrogen and oxygen atoms in total. The van der Waals surface area contributed by atoms with Gasteiger partial charge in [-0.05, 0) is 55.9 Å². The van der Waals surface area contributed by atoms with Crippen LogP contribution in [0, 0.1) is 34.0 Å². The Labute approximate surface area is 135 Å². The molecule has 0 saturated heterocycles. The molecule has 0 aromatic carbocycles. The zero-order valence-corrected chi connectivity index (χ0v) is 14.2. The van der Waals surface area contributed by atoms with Gasteiger partial charge in [0.15, 0.2) is 0 Å². The molecule has 22 heavy (non-hydrogen) atoms. The molecule has 0 N–H and O–H groups in total. The van der Waals surface area contributed by atoms with E-state index < -0.39 is 0 Å². The van der Waals surface area contributed by atoms with Crippen LogP contribution >= 0.6 is 0 Å². The van der Waals surface area contributed by atoms with Crippen molar-refractivity contribution in [3.8, 4) is 12.1 Å². The molecule has 0 saturated carbocycles. The summed E-state index contributed by atoms with van der Waals surface area (Å²) in [5.41, 5.74) is 2.28. The molecule has 2 heteroatoms. The average Bonchev–Trinajstić information content (AvgIpc) is 2.43. The molecular formula is C20H28N2. The maximum absolute atomic E-state index is 8.60. The second kappa shape index (κ2) is 9.26. The van der Waals surface area contributed by atoms with Crippen molar-refractivity contribution < 1.29 is 0 Å². The molecule has 0 aromatic rings. The monoisotopic (exact) mass is 296 g/mol. The first-order valence-corrected chi connectivity index (χ1v) is 8.33. The second-order valence-corrected chi connectivity index (χ2v) is 7.18. The smallest absolute Gasteiger partial charge is 0.129 e. The highest BCUT2D eigenvalue weighted by atomic mass is 14.3. The summed E-state index contributed by atoms with van der Waals surface area (Å²) >= 11 is 0. The van der Waals surface area contributed by atoms with Gasteiger partial charge in [-0.1, -0.05) is 51.0 Å². The lowest BCUT2D eigenvalue weighted by molar-refractivity contribution is 0.275. The molecule has 0 spiro atoms. The van der Waals surface area contributed by atoms with Crippen molar-refractivity contribution in [2.24, 2.45) is 11.3 Å². The average molecular weight is 296 g/mol. The quantitative estimate of drug-likeness (QED) is 0.256. The van der Waals surface area contributed by atoms with E-state index in [9.17, 15) is 0 Å². The van der Waals surface area contributed by atoms with Crippen LogP contribution in [0.2, 0.25) is 0 Å². The van der Waals surface area contributed by atoms with E-state index in [-0.39, 0.29) is 5.57 Å². The lowest BCUT2D eigenvalue weighted by atomic mass is 9.72. The number of rotatable bonds is 7. The van der Waals surface area contributed by atoms with Crippen molar-refractivity contribution in [1.29, 1.82) is 10.5 Å². The predicted molar refractivity (Wildman–Crippen MR) is 91.8 cm³/mol. The molecule has 0 radical (unpaired) electrons. The van der Waals surface area contributed by atoms with Gasteiger partial charge in [-0.3, -0.25) is 0 Å². The van der Waals surface area contributed by atoms with E-state index in [1.54, 1.807) is 11.6 Å². The fourth-order valence-corrected chi connectivity index (χ4v) is 3.40. The maximum atomic E-state index is 8.60. The fraction of sp³-hybridized carbons (Fsp3) is 0.600. The van der Waals surface area contributed by atoms with E-state index in [1.807, 2.05) is 24.3 Å². The van der Waals surface area contributed by atoms with Crippen molar-refractivity contribution >= 4 is 0 Å². The summed E-state index contributed by atoms with van der Waals surface area (Å²) in [6.07, 6.45) is 16.4. The van der Waals surface area contributed by atoms with Crippen molar-refractivity contribution in [3.05, 3.63) is 35.5 Å². The van der Waals surface area contributed by atoms with Gasteiger partial charge in [-0.25, -0.2) is 0 Å². The Balaban J connectivity index is 2.19. The molecule has 1 aliphatic carbocycles. The van der Waals surface area contributed by atoms with Gasteiger partial charge in [0.1, 0.15) is 17.7 Å². The van der Waals surface area contributed by atoms with Crippen molar-refractivity contribution in [3.63, 3.8) is 0 Å². The van der Waals surface area contributed by atoms with Gasteiger partial charge in [-0.2, -0.15) is 10.5 Å². The fourth-order valence-electron chi connectivity index (χ4n) is 3.40. The first kappa shape index (κ1) is 18.2. The summed E-state index contributed by atoms with van der Waals surface area (Å²) in [4.78, 5) is 0. The zero-order chi connectivity index (χ0) is 16.4. The van der Waals surface area contributed by atoms with Crippen LogP contribution in [0.25, 0.3) is 0 Å². The SMILES string of the molecule is CC1C=C(CCCCCC=CC=C(C#N)C#N)CC(C)(C)C1. The highest BCUT2D eigenvalue weighted by Gasteiger charge is 2.25. The molecule has 0 heterocycles. The van der Waals surface area contributed by atoms with Crippen LogP contribution in [-0.2, 0) is 0 Å². The van der Waals surface area contributed by atoms with Gasteiger partial charge in [0.2, 0.25) is 0 Å². The molecular weight excluding hydrogens is 268 g/mol. The Morgan fingerprint density at radius 1 is 1.27 bits per heavy atom. The standard InChI is InChI=1S/C20H28N2/c1-17-12-18(14-20(2,3)13-17)10-8-6-4-5-7-9-11-19(15-21)16-22/h7,9,11-12,17H,4-6,8,10,13-14H2,1-3H3. The number of nitriles is 2. The summed E-state index contributed by atoms with van der Waals surface area (Å²) in [7, 11) is 0. The molecule has 1 unspecified atom stereocenters. The Morgan fingerprint density at radius 3 is 2.64 bits per heavy atom. The van der Waals surface area contributed by atoms with E-state index >= 15 is 0 Å². The third-order valence-electron chi connectivity index (χ3n) is 4.11. The number of hydrogen-bond donors (Lipinski definition) is 0. The van der Waals surface area contributed by atoms with E-state index in [1.165, 1.54) is 38.5 Å². The minimum Gasteiger partial charge on any atom is -0.192 e. The highest BCUT2D eigenvalue weighted by Crippen LogP contribution is 2.39. The lowest BCUT2D eigenvalue weighted by Crippen LogP contribution is -2.20. The van der Waals surface area contributed by atoms with Gasteiger partial charge in [-0.15, -0.1) is 0 Å². The molecule has 0 aliphatic heterocycles. The topological polar surface area (TPSA) is 47.6 Å². The summed E-state index contributed by atoms with van der Waals surface area (Å²) in [6, 6.07) is 3.70. The predicted octanol–water partition coefficient (Wildman–Crippen LogP) is 5.85. The first-order chi connectivity index (χ1) is 10.5. The van der Waals surface area contributed by atoms with Gasteiger partial charge >= 0.3 is 0 Å². The van der Waals surface area contributed by atoms with Crippen LogP contribution < -0.4 is 0 Å². The Hall–Kier alpha value is -1.80. The minimum atomic E-state index is 0.164. The first-order valence-electron chi connectivity index (χ1n) is 8.33. The van der Waals surface area contributed by atoms with Crippen molar-refractivity contribution in [1.82, 2.24) is 0 Å². The third-order valence-corrected chi connectivity index (χ3v) is 4.11. The third kappa shape index (κ3) is 7.28. The van der Waals surface area contributed by atoms with Gasteiger partial charge in [0.25, 0.3) is 0 Å². The number of unbranched alkanes of at least 4 members (excludes halogenated alkanes) is 3. The van der Waals surface area contributed by atoms with E-state index in [0.29, 0.717) is 5.41 Å². The van der Waals surface area contributed by atoms with Gasteiger partial charge < -0.3 is 0 Å².